The van der Waals surface area contributed by atoms with Gasteiger partial charge in [-0.25, -0.2) is 8.78 Å². The zero-order valence-corrected chi connectivity index (χ0v) is 16.0. The van der Waals surface area contributed by atoms with E-state index in [1.165, 1.54) is 30.5 Å². The molecule has 2 saturated heterocycles. The third-order valence-corrected chi connectivity index (χ3v) is 6.26. The summed E-state index contributed by atoms with van der Waals surface area (Å²) in [5.74, 6) is -1.51. The van der Waals surface area contributed by atoms with Crippen LogP contribution >= 0.6 is 0 Å². The van der Waals surface area contributed by atoms with Crippen LogP contribution in [0.25, 0.3) is 0 Å². The molecule has 2 fully saturated rings. The normalized spacial score (nSPS) is 22.6. The van der Waals surface area contributed by atoms with Gasteiger partial charge in [0.2, 0.25) is 0 Å². The molecule has 0 bridgehead atoms. The molecule has 2 aliphatic heterocycles. The second-order valence-corrected chi connectivity index (χ2v) is 8.20. The number of hydrogen-bond donors (Lipinski definition) is 1. The lowest BCUT2D eigenvalue weighted by atomic mass is 9.80. The van der Waals surface area contributed by atoms with E-state index in [1.807, 2.05) is 6.07 Å². The summed E-state index contributed by atoms with van der Waals surface area (Å²) in [5, 5.41) is 3.52. The first kappa shape index (κ1) is 18.4. The molecule has 2 heterocycles. The highest BCUT2D eigenvalue weighted by atomic mass is 19.2. The summed E-state index contributed by atoms with van der Waals surface area (Å²) < 4.78 is 28.1. The van der Waals surface area contributed by atoms with E-state index in [9.17, 15) is 8.78 Å². The third-order valence-electron chi connectivity index (χ3n) is 6.26. The van der Waals surface area contributed by atoms with E-state index in [1.54, 1.807) is 0 Å². The lowest BCUT2D eigenvalue weighted by Crippen LogP contribution is -2.42. The average Bonchev–Trinajstić information content (AvgIpc) is 3.08. The van der Waals surface area contributed by atoms with Gasteiger partial charge in [-0.15, -0.1) is 0 Å². The largest absolute Gasteiger partial charge is 0.371 e. The van der Waals surface area contributed by atoms with Gasteiger partial charge in [0, 0.05) is 36.8 Å². The van der Waals surface area contributed by atoms with E-state index in [0.717, 1.165) is 55.8 Å². The lowest BCUT2D eigenvalue weighted by Gasteiger charge is -2.34. The highest BCUT2D eigenvalue weighted by Crippen LogP contribution is 2.40. The highest BCUT2D eigenvalue weighted by molar-refractivity contribution is 5.57. The Hall–Kier alpha value is -1.94. The van der Waals surface area contributed by atoms with Crippen LogP contribution in [0.15, 0.2) is 36.4 Å². The molecule has 1 N–H and O–H groups in total. The molecule has 1 atom stereocenters. The molecule has 2 aromatic carbocycles. The molecule has 144 valence electrons. The van der Waals surface area contributed by atoms with Gasteiger partial charge >= 0.3 is 0 Å². The zero-order chi connectivity index (χ0) is 18.9. The summed E-state index contributed by atoms with van der Waals surface area (Å²) in [7, 11) is 0. The van der Waals surface area contributed by atoms with Crippen molar-refractivity contribution in [3.05, 3.63) is 64.7 Å². The minimum atomic E-state index is -0.756. The summed E-state index contributed by atoms with van der Waals surface area (Å²) in [6, 6.07) is 11.2. The maximum absolute atomic E-state index is 14.1. The van der Waals surface area contributed by atoms with Crippen LogP contribution in [-0.2, 0) is 12.8 Å². The number of benzene rings is 2. The van der Waals surface area contributed by atoms with E-state index < -0.39 is 11.6 Å². The molecular formula is C23H28F2N2. The summed E-state index contributed by atoms with van der Waals surface area (Å²) >= 11 is 0. The molecule has 0 saturated carbocycles. The van der Waals surface area contributed by atoms with Gasteiger partial charge in [-0.1, -0.05) is 31.2 Å². The van der Waals surface area contributed by atoms with Crippen molar-refractivity contribution in [2.75, 3.05) is 31.1 Å². The Kier molecular flexibility index (Phi) is 5.18. The van der Waals surface area contributed by atoms with Gasteiger partial charge in [0.25, 0.3) is 0 Å². The number of aryl methyl sites for hydroxylation is 1. The molecule has 2 nitrogen and oxygen atoms in total. The van der Waals surface area contributed by atoms with Gasteiger partial charge < -0.3 is 10.2 Å². The van der Waals surface area contributed by atoms with Crippen LogP contribution in [0.2, 0.25) is 0 Å². The minimum absolute atomic E-state index is 0.280. The molecule has 4 rings (SSSR count). The number of rotatable bonds is 4. The van der Waals surface area contributed by atoms with Gasteiger partial charge in [0.1, 0.15) is 0 Å². The Morgan fingerprint density at radius 1 is 1.07 bits per heavy atom. The molecule has 0 aromatic heterocycles. The van der Waals surface area contributed by atoms with Crippen molar-refractivity contribution in [1.29, 1.82) is 0 Å². The fourth-order valence-corrected chi connectivity index (χ4v) is 4.71. The van der Waals surface area contributed by atoms with Gasteiger partial charge in [-0.2, -0.15) is 0 Å². The third kappa shape index (κ3) is 3.86. The van der Waals surface area contributed by atoms with Crippen LogP contribution in [0.3, 0.4) is 0 Å². The molecule has 4 heteroatoms. The molecule has 0 aliphatic carbocycles. The van der Waals surface area contributed by atoms with Crippen molar-refractivity contribution in [1.82, 2.24) is 5.32 Å². The summed E-state index contributed by atoms with van der Waals surface area (Å²) in [5.41, 5.74) is 4.43. The minimum Gasteiger partial charge on any atom is -0.371 e. The quantitative estimate of drug-likeness (QED) is 0.839. The van der Waals surface area contributed by atoms with Crippen molar-refractivity contribution in [2.45, 2.75) is 39.0 Å². The zero-order valence-electron chi connectivity index (χ0n) is 16.0. The van der Waals surface area contributed by atoms with Gasteiger partial charge in [0.05, 0.1) is 0 Å². The lowest BCUT2D eigenvalue weighted by molar-refractivity contribution is 0.239. The Bertz CT molecular complexity index is 812. The average molecular weight is 370 g/mol. The Morgan fingerprint density at radius 2 is 1.89 bits per heavy atom. The first-order valence-electron chi connectivity index (χ1n) is 10.1. The highest BCUT2D eigenvalue weighted by Gasteiger charge is 2.39. The second kappa shape index (κ2) is 7.59. The van der Waals surface area contributed by atoms with Crippen molar-refractivity contribution in [3.8, 4) is 0 Å². The van der Waals surface area contributed by atoms with Crippen LogP contribution < -0.4 is 10.2 Å². The van der Waals surface area contributed by atoms with Gasteiger partial charge in [0.15, 0.2) is 11.6 Å². The number of hydrogen-bond acceptors (Lipinski definition) is 2. The van der Waals surface area contributed by atoms with E-state index in [4.69, 9.17) is 0 Å². The van der Waals surface area contributed by atoms with Crippen LogP contribution in [0.1, 0.15) is 42.9 Å². The van der Waals surface area contributed by atoms with Gasteiger partial charge in [-0.3, -0.25) is 0 Å². The van der Waals surface area contributed by atoms with Crippen LogP contribution in [0.5, 0.6) is 0 Å². The van der Waals surface area contributed by atoms with E-state index >= 15 is 0 Å². The van der Waals surface area contributed by atoms with E-state index in [0.29, 0.717) is 6.42 Å². The predicted octanol–water partition coefficient (Wildman–Crippen LogP) is 4.70. The molecule has 0 radical (unpaired) electrons. The molecular weight excluding hydrogens is 342 g/mol. The molecule has 27 heavy (non-hydrogen) atoms. The van der Waals surface area contributed by atoms with Crippen LogP contribution in [-0.4, -0.2) is 26.2 Å². The maximum atomic E-state index is 14.1. The van der Waals surface area contributed by atoms with Gasteiger partial charge in [-0.05, 0) is 61.4 Å². The molecule has 2 aromatic rings. The Balaban J connectivity index is 1.63. The van der Waals surface area contributed by atoms with Crippen molar-refractivity contribution < 1.29 is 8.78 Å². The van der Waals surface area contributed by atoms with E-state index in [2.05, 4.69) is 35.3 Å². The van der Waals surface area contributed by atoms with Crippen molar-refractivity contribution in [3.63, 3.8) is 0 Å². The topological polar surface area (TPSA) is 15.3 Å². The first-order valence-corrected chi connectivity index (χ1v) is 10.1. The number of anilines is 1. The number of nitrogens with one attached hydrogen (secondary N) is 1. The summed E-state index contributed by atoms with van der Waals surface area (Å²) in [6.07, 6.45) is 5.13. The van der Waals surface area contributed by atoms with Crippen LogP contribution in [0, 0.1) is 17.0 Å². The maximum Gasteiger partial charge on any atom is 0.160 e. The molecule has 1 spiro atoms. The predicted molar refractivity (Wildman–Crippen MR) is 106 cm³/mol. The number of halogens is 2. The molecule has 0 amide bonds. The molecule has 1 unspecified atom stereocenters. The van der Waals surface area contributed by atoms with Crippen LogP contribution in [0.4, 0.5) is 14.5 Å². The SMILES string of the molecule is CCc1cccc(Cc2cc(F)c(F)cc2N2CCC3(CCCNC3)C2)c1. The number of nitrogens with zero attached hydrogens (tertiary/aromatic N) is 1. The van der Waals surface area contributed by atoms with E-state index in [-0.39, 0.29) is 5.41 Å². The summed E-state index contributed by atoms with van der Waals surface area (Å²) in [6.45, 7) is 6.08. The standard InChI is InChI=1S/C23H28F2N2/c1-2-17-5-3-6-18(11-17)12-19-13-20(24)21(25)14-22(19)27-10-8-23(16-27)7-4-9-26-15-23/h3,5-6,11,13-14,26H,2,4,7-10,12,15-16H2,1H3. The second-order valence-electron chi connectivity index (χ2n) is 8.20. The fraction of sp³-hybridized carbons (Fsp3) is 0.478. The fourth-order valence-electron chi connectivity index (χ4n) is 4.71. The number of piperidine rings is 1. The monoisotopic (exact) mass is 370 g/mol. The van der Waals surface area contributed by atoms with Crippen molar-refractivity contribution in [2.24, 2.45) is 5.41 Å². The molecule has 2 aliphatic rings. The smallest absolute Gasteiger partial charge is 0.160 e. The first-order chi connectivity index (χ1) is 13.1. The summed E-state index contributed by atoms with van der Waals surface area (Å²) in [4.78, 5) is 2.27. The Labute approximate surface area is 160 Å². The van der Waals surface area contributed by atoms with Crippen molar-refractivity contribution >= 4 is 5.69 Å². The Morgan fingerprint density at radius 3 is 2.67 bits per heavy atom.